The second-order valence-corrected chi connectivity index (χ2v) is 6.41. The van der Waals surface area contributed by atoms with E-state index in [1.165, 1.54) is 11.2 Å². The Morgan fingerprint density at radius 1 is 1.58 bits per heavy atom. The highest BCUT2D eigenvalue weighted by atomic mass is 32.2. The van der Waals surface area contributed by atoms with Gasteiger partial charge in [-0.1, -0.05) is 0 Å². The van der Waals surface area contributed by atoms with E-state index in [2.05, 4.69) is 4.72 Å². The summed E-state index contributed by atoms with van der Waals surface area (Å²) >= 11 is 0. The Bertz CT molecular complexity index is 396. The number of ether oxygens (including phenoxy) is 1. The highest BCUT2D eigenvalue weighted by Gasteiger charge is 2.32. The van der Waals surface area contributed by atoms with E-state index >= 15 is 0 Å². The Balaban J connectivity index is 2.60. The molecule has 0 radical (unpaired) electrons. The highest BCUT2D eigenvalue weighted by molar-refractivity contribution is 7.87. The number of aliphatic hydroxyl groups excluding tert-OH is 1. The van der Waals surface area contributed by atoms with Gasteiger partial charge < -0.3 is 9.84 Å². The smallest absolute Gasteiger partial charge is 0.310 e. The van der Waals surface area contributed by atoms with Gasteiger partial charge in [-0.25, -0.2) is 0 Å². The Kier molecular flexibility index (Phi) is 6.18. The molecule has 112 valence electrons. The summed E-state index contributed by atoms with van der Waals surface area (Å²) in [6, 6.07) is 0. The molecule has 0 spiro atoms. The first kappa shape index (κ1) is 16.4. The van der Waals surface area contributed by atoms with Gasteiger partial charge in [0.2, 0.25) is 0 Å². The van der Waals surface area contributed by atoms with Crippen molar-refractivity contribution in [2.24, 2.45) is 5.92 Å². The Morgan fingerprint density at radius 3 is 2.84 bits per heavy atom. The predicted octanol–water partition coefficient (Wildman–Crippen LogP) is -0.523. The molecule has 0 aromatic heterocycles. The van der Waals surface area contributed by atoms with Crippen LogP contribution in [0.1, 0.15) is 26.7 Å². The van der Waals surface area contributed by atoms with Crippen molar-refractivity contribution >= 4 is 16.2 Å². The maximum Gasteiger partial charge on any atom is 0.310 e. The van der Waals surface area contributed by atoms with Gasteiger partial charge >= 0.3 is 5.97 Å². The van der Waals surface area contributed by atoms with Crippen LogP contribution in [0.4, 0.5) is 0 Å². The van der Waals surface area contributed by atoms with Gasteiger partial charge in [0.15, 0.2) is 0 Å². The number of aliphatic hydroxyl groups is 1. The minimum absolute atomic E-state index is 0.0388. The largest absolute Gasteiger partial charge is 0.466 e. The monoisotopic (exact) mass is 294 g/mol. The van der Waals surface area contributed by atoms with Gasteiger partial charge in [-0.05, 0) is 26.7 Å². The zero-order chi connectivity index (χ0) is 14.5. The van der Waals surface area contributed by atoms with Crippen LogP contribution in [-0.2, 0) is 19.7 Å². The number of carbonyl (C=O) groups excluding carboxylic acids is 1. The lowest BCUT2D eigenvalue weighted by Gasteiger charge is -2.30. The number of esters is 1. The summed E-state index contributed by atoms with van der Waals surface area (Å²) in [5.41, 5.74) is 0. The van der Waals surface area contributed by atoms with E-state index in [1.54, 1.807) is 6.92 Å². The third-order valence-electron chi connectivity index (χ3n) is 2.91. The van der Waals surface area contributed by atoms with Crippen molar-refractivity contribution in [3.8, 4) is 0 Å². The molecule has 7 nitrogen and oxygen atoms in total. The summed E-state index contributed by atoms with van der Waals surface area (Å²) in [6.45, 7) is 3.99. The lowest BCUT2D eigenvalue weighted by atomic mass is 10.0. The first-order valence-electron chi connectivity index (χ1n) is 6.46. The Morgan fingerprint density at radius 2 is 2.26 bits per heavy atom. The van der Waals surface area contributed by atoms with Crippen molar-refractivity contribution in [2.75, 3.05) is 26.2 Å². The molecule has 2 N–H and O–H groups in total. The van der Waals surface area contributed by atoms with Crippen LogP contribution in [0.5, 0.6) is 0 Å². The van der Waals surface area contributed by atoms with Crippen LogP contribution in [-0.4, -0.2) is 56.1 Å². The number of nitrogens with zero attached hydrogens (tertiary/aromatic N) is 1. The molecule has 1 aliphatic heterocycles. The van der Waals surface area contributed by atoms with Gasteiger partial charge in [-0.15, -0.1) is 0 Å². The molecule has 1 heterocycles. The topological polar surface area (TPSA) is 95.9 Å². The van der Waals surface area contributed by atoms with Gasteiger partial charge in [-0.2, -0.15) is 17.4 Å². The van der Waals surface area contributed by atoms with Crippen LogP contribution in [0, 0.1) is 5.92 Å². The second kappa shape index (κ2) is 7.18. The molecule has 1 saturated heterocycles. The zero-order valence-corrected chi connectivity index (χ0v) is 12.1. The molecule has 0 saturated carbocycles. The summed E-state index contributed by atoms with van der Waals surface area (Å²) in [6.07, 6.45) is 0.515. The zero-order valence-electron chi connectivity index (χ0n) is 11.3. The molecule has 1 fully saturated rings. The number of rotatable bonds is 6. The van der Waals surface area contributed by atoms with Gasteiger partial charge in [0, 0.05) is 19.6 Å². The molecule has 0 aliphatic carbocycles. The number of nitrogens with one attached hydrogen (secondary N) is 1. The number of hydrogen-bond donors (Lipinski definition) is 2. The van der Waals surface area contributed by atoms with Crippen LogP contribution in [0.3, 0.4) is 0 Å². The number of piperidine rings is 1. The molecule has 1 rings (SSSR count). The summed E-state index contributed by atoms with van der Waals surface area (Å²) in [4.78, 5) is 11.6. The summed E-state index contributed by atoms with van der Waals surface area (Å²) in [7, 11) is -3.64. The minimum atomic E-state index is -3.64. The standard InChI is InChI=1S/C11H22N2O5S/c1-3-18-11(15)10-5-4-6-13(8-10)19(16,17)12-7-9(2)14/h9-10,12,14H,3-8H2,1-2H3/t9-,10?/m1/s1. The van der Waals surface area contributed by atoms with E-state index in [9.17, 15) is 13.2 Å². The van der Waals surface area contributed by atoms with Crippen LogP contribution >= 0.6 is 0 Å². The SMILES string of the molecule is CCOC(=O)C1CCCN(S(=O)(=O)NC[C@@H](C)O)C1. The van der Waals surface area contributed by atoms with Gasteiger partial charge in [0.05, 0.1) is 18.6 Å². The summed E-state index contributed by atoms with van der Waals surface area (Å²) in [5.74, 6) is -0.755. The lowest BCUT2D eigenvalue weighted by molar-refractivity contribution is -0.149. The van der Waals surface area contributed by atoms with Crippen LogP contribution in [0.25, 0.3) is 0 Å². The average Bonchev–Trinajstić information content (AvgIpc) is 2.37. The molecule has 19 heavy (non-hydrogen) atoms. The van der Waals surface area contributed by atoms with Crippen molar-refractivity contribution < 1.29 is 23.1 Å². The fourth-order valence-corrected chi connectivity index (χ4v) is 3.31. The maximum absolute atomic E-state index is 12.0. The second-order valence-electron chi connectivity index (χ2n) is 4.65. The fourth-order valence-electron chi connectivity index (χ4n) is 1.93. The summed E-state index contributed by atoms with van der Waals surface area (Å²) < 4.78 is 32.4. The van der Waals surface area contributed by atoms with E-state index in [-0.39, 0.29) is 19.1 Å². The van der Waals surface area contributed by atoms with Crippen molar-refractivity contribution in [1.82, 2.24) is 9.03 Å². The highest BCUT2D eigenvalue weighted by Crippen LogP contribution is 2.19. The van der Waals surface area contributed by atoms with E-state index < -0.39 is 22.2 Å². The molecular weight excluding hydrogens is 272 g/mol. The van der Waals surface area contributed by atoms with E-state index in [0.29, 0.717) is 26.0 Å². The van der Waals surface area contributed by atoms with E-state index in [0.717, 1.165) is 0 Å². The van der Waals surface area contributed by atoms with Crippen molar-refractivity contribution in [1.29, 1.82) is 0 Å². The van der Waals surface area contributed by atoms with Crippen LogP contribution < -0.4 is 4.72 Å². The molecule has 0 amide bonds. The molecule has 8 heteroatoms. The van der Waals surface area contributed by atoms with Crippen LogP contribution in [0.2, 0.25) is 0 Å². The quantitative estimate of drug-likeness (QED) is 0.642. The summed E-state index contributed by atoms with van der Waals surface area (Å²) in [5, 5.41) is 9.10. The number of hydrogen-bond acceptors (Lipinski definition) is 5. The van der Waals surface area contributed by atoms with Gasteiger partial charge in [0.25, 0.3) is 10.2 Å². The molecule has 0 aromatic rings. The van der Waals surface area contributed by atoms with Crippen LogP contribution in [0.15, 0.2) is 0 Å². The van der Waals surface area contributed by atoms with Crippen molar-refractivity contribution in [3.63, 3.8) is 0 Å². The third kappa shape index (κ3) is 5.06. The molecular formula is C11H22N2O5S. The first-order valence-corrected chi connectivity index (χ1v) is 7.90. The Labute approximate surface area is 114 Å². The first-order chi connectivity index (χ1) is 8.86. The van der Waals surface area contributed by atoms with E-state index in [4.69, 9.17) is 9.84 Å². The molecule has 0 bridgehead atoms. The van der Waals surface area contributed by atoms with Crippen molar-refractivity contribution in [3.05, 3.63) is 0 Å². The Hall–Kier alpha value is -0.700. The normalized spacial score (nSPS) is 23.0. The predicted molar refractivity (Wildman–Crippen MR) is 69.5 cm³/mol. The minimum Gasteiger partial charge on any atom is -0.466 e. The van der Waals surface area contributed by atoms with Gasteiger partial charge in [-0.3, -0.25) is 4.79 Å². The average molecular weight is 294 g/mol. The maximum atomic E-state index is 12.0. The van der Waals surface area contributed by atoms with Gasteiger partial charge in [0.1, 0.15) is 0 Å². The molecule has 2 atom stereocenters. The van der Waals surface area contributed by atoms with E-state index in [1.807, 2.05) is 0 Å². The molecule has 0 aromatic carbocycles. The third-order valence-corrected chi connectivity index (χ3v) is 4.45. The fraction of sp³-hybridized carbons (Fsp3) is 0.909. The molecule has 1 aliphatic rings. The molecule has 1 unspecified atom stereocenters. The lowest BCUT2D eigenvalue weighted by Crippen LogP contribution is -2.48. The van der Waals surface area contributed by atoms with Crippen molar-refractivity contribution in [2.45, 2.75) is 32.8 Å². The number of carbonyl (C=O) groups is 1.